The Bertz CT molecular complexity index is 940. The SMILES string of the molecule is COc1ccc(NC(N)=Nc2nc(-c3cccs3)cc(C(F)(F)F)n2)cc1. The summed E-state index contributed by atoms with van der Waals surface area (Å²) in [6, 6.07) is 11.0. The van der Waals surface area contributed by atoms with Crippen LogP contribution in [0.25, 0.3) is 10.6 Å². The highest BCUT2D eigenvalue weighted by Gasteiger charge is 2.34. The van der Waals surface area contributed by atoms with Gasteiger partial charge in [-0.2, -0.15) is 18.2 Å². The predicted molar refractivity (Wildman–Crippen MR) is 98.2 cm³/mol. The molecule has 1 aromatic carbocycles. The van der Waals surface area contributed by atoms with Gasteiger partial charge in [0.15, 0.2) is 5.69 Å². The van der Waals surface area contributed by atoms with E-state index in [1.807, 2.05) is 0 Å². The number of benzene rings is 1. The second-order valence-corrected chi connectivity index (χ2v) is 6.21. The van der Waals surface area contributed by atoms with Crippen molar-refractivity contribution in [3.63, 3.8) is 0 Å². The second-order valence-electron chi connectivity index (χ2n) is 5.26. The molecule has 0 fully saturated rings. The van der Waals surface area contributed by atoms with Gasteiger partial charge in [0.2, 0.25) is 5.96 Å². The number of nitrogens with zero attached hydrogens (tertiary/aromatic N) is 3. The highest BCUT2D eigenvalue weighted by Crippen LogP contribution is 2.32. The zero-order valence-corrected chi connectivity index (χ0v) is 14.8. The lowest BCUT2D eigenvalue weighted by Crippen LogP contribution is -2.22. The largest absolute Gasteiger partial charge is 0.497 e. The molecular formula is C17H14F3N5OS. The van der Waals surface area contributed by atoms with Crippen molar-refractivity contribution in [2.45, 2.75) is 6.18 Å². The van der Waals surface area contributed by atoms with E-state index in [4.69, 9.17) is 10.5 Å². The fourth-order valence-electron chi connectivity index (χ4n) is 2.14. The Balaban J connectivity index is 1.91. The molecule has 0 atom stereocenters. The maximum atomic E-state index is 13.2. The van der Waals surface area contributed by atoms with E-state index in [0.717, 1.165) is 6.07 Å². The number of ether oxygens (including phenoxy) is 1. The van der Waals surface area contributed by atoms with E-state index < -0.39 is 11.9 Å². The first kappa shape index (κ1) is 18.6. The molecule has 0 aliphatic heterocycles. The maximum absolute atomic E-state index is 13.2. The summed E-state index contributed by atoms with van der Waals surface area (Å²) >= 11 is 1.26. The van der Waals surface area contributed by atoms with Crippen LogP contribution in [0, 0.1) is 0 Å². The van der Waals surface area contributed by atoms with Crippen LogP contribution < -0.4 is 15.8 Å². The quantitative estimate of drug-likeness (QED) is 0.510. The van der Waals surface area contributed by atoms with Crippen molar-refractivity contribution in [1.29, 1.82) is 0 Å². The third kappa shape index (κ3) is 4.73. The van der Waals surface area contributed by atoms with E-state index in [0.29, 0.717) is 16.3 Å². The highest BCUT2D eigenvalue weighted by atomic mass is 32.1. The molecule has 0 saturated carbocycles. The molecule has 0 aliphatic rings. The Morgan fingerprint density at radius 1 is 1.19 bits per heavy atom. The summed E-state index contributed by atoms with van der Waals surface area (Å²) in [5, 5.41) is 4.51. The number of rotatable bonds is 4. The van der Waals surface area contributed by atoms with E-state index in [-0.39, 0.29) is 17.6 Å². The topological polar surface area (TPSA) is 85.4 Å². The normalized spacial score (nSPS) is 12.1. The summed E-state index contributed by atoms with van der Waals surface area (Å²) in [6.07, 6.45) is -4.63. The number of aliphatic imine (C=N–C) groups is 1. The van der Waals surface area contributed by atoms with Gasteiger partial charge in [-0.15, -0.1) is 11.3 Å². The molecule has 3 aromatic rings. The van der Waals surface area contributed by atoms with E-state index in [9.17, 15) is 13.2 Å². The Morgan fingerprint density at radius 3 is 2.52 bits per heavy atom. The van der Waals surface area contributed by atoms with Gasteiger partial charge in [0, 0.05) is 5.69 Å². The molecule has 3 rings (SSSR count). The molecule has 2 aromatic heterocycles. The Labute approximate surface area is 156 Å². The zero-order valence-electron chi connectivity index (χ0n) is 14.0. The number of anilines is 1. The van der Waals surface area contributed by atoms with Crippen molar-refractivity contribution < 1.29 is 17.9 Å². The highest BCUT2D eigenvalue weighted by molar-refractivity contribution is 7.13. The third-order valence-corrected chi connectivity index (χ3v) is 4.25. The molecule has 3 N–H and O–H groups in total. The minimum atomic E-state index is -4.63. The number of alkyl halides is 3. The molecule has 0 saturated heterocycles. The molecular weight excluding hydrogens is 379 g/mol. The molecule has 0 radical (unpaired) electrons. The van der Waals surface area contributed by atoms with Gasteiger partial charge >= 0.3 is 6.18 Å². The minimum Gasteiger partial charge on any atom is -0.497 e. The van der Waals surface area contributed by atoms with Crippen molar-refractivity contribution in [2.75, 3.05) is 12.4 Å². The smallest absolute Gasteiger partial charge is 0.433 e. The van der Waals surface area contributed by atoms with Crippen LogP contribution in [-0.4, -0.2) is 23.0 Å². The van der Waals surface area contributed by atoms with Crippen LogP contribution in [0.4, 0.5) is 24.8 Å². The monoisotopic (exact) mass is 393 g/mol. The minimum absolute atomic E-state index is 0.128. The molecule has 0 bridgehead atoms. The fourth-order valence-corrected chi connectivity index (χ4v) is 2.82. The zero-order chi connectivity index (χ0) is 19.4. The van der Waals surface area contributed by atoms with E-state index in [1.165, 1.54) is 18.4 Å². The number of guanidine groups is 1. The van der Waals surface area contributed by atoms with E-state index in [2.05, 4.69) is 20.3 Å². The van der Waals surface area contributed by atoms with Crippen LogP contribution in [0.1, 0.15) is 5.69 Å². The third-order valence-electron chi connectivity index (χ3n) is 3.36. The number of aromatic nitrogens is 2. The maximum Gasteiger partial charge on any atom is 0.433 e. The Kier molecular flexibility index (Phi) is 5.26. The summed E-state index contributed by atoms with van der Waals surface area (Å²) in [5.41, 5.74) is 5.41. The molecule has 140 valence electrons. The average molecular weight is 393 g/mol. The lowest BCUT2D eigenvalue weighted by atomic mass is 10.3. The second kappa shape index (κ2) is 7.62. The lowest BCUT2D eigenvalue weighted by Gasteiger charge is -2.09. The number of nitrogens with one attached hydrogen (secondary N) is 1. The van der Waals surface area contributed by atoms with Gasteiger partial charge in [-0.3, -0.25) is 0 Å². The van der Waals surface area contributed by atoms with Gasteiger partial charge in [-0.05, 0) is 41.8 Å². The van der Waals surface area contributed by atoms with E-state index in [1.54, 1.807) is 41.8 Å². The summed E-state index contributed by atoms with van der Waals surface area (Å²) in [6.45, 7) is 0. The number of nitrogens with two attached hydrogens (primary N) is 1. The van der Waals surface area contributed by atoms with E-state index >= 15 is 0 Å². The van der Waals surface area contributed by atoms with Gasteiger partial charge in [0.1, 0.15) is 5.75 Å². The van der Waals surface area contributed by atoms with Gasteiger partial charge in [-0.1, -0.05) is 6.07 Å². The molecule has 27 heavy (non-hydrogen) atoms. The molecule has 10 heteroatoms. The van der Waals surface area contributed by atoms with Crippen molar-refractivity contribution in [2.24, 2.45) is 10.7 Å². The molecule has 6 nitrogen and oxygen atoms in total. The van der Waals surface area contributed by atoms with Crippen molar-refractivity contribution >= 4 is 28.9 Å². The summed E-state index contributed by atoms with van der Waals surface area (Å²) in [4.78, 5) is 12.0. The number of hydrogen-bond acceptors (Lipinski definition) is 5. The first-order valence-corrected chi connectivity index (χ1v) is 8.48. The summed E-state index contributed by atoms with van der Waals surface area (Å²) < 4.78 is 44.5. The van der Waals surface area contributed by atoms with Crippen molar-refractivity contribution in [1.82, 2.24) is 9.97 Å². The number of methoxy groups -OCH3 is 1. The number of hydrogen-bond donors (Lipinski definition) is 2. The Morgan fingerprint density at radius 2 is 1.93 bits per heavy atom. The lowest BCUT2D eigenvalue weighted by molar-refractivity contribution is -0.141. The van der Waals surface area contributed by atoms with Crippen molar-refractivity contribution in [3.05, 3.63) is 53.5 Å². The van der Waals surface area contributed by atoms with Crippen LogP contribution in [0.3, 0.4) is 0 Å². The first-order valence-electron chi connectivity index (χ1n) is 7.60. The summed E-state index contributed by atoms with van der Waals surface area (Å²) in [7, 11) is 1.54. The number of thiophene rings is 1. The predicted octanol–water partition coefficient (Wildman–Crippen LogP) is 4.29. The van der Waals surface area contributed by atoms with Gasteiger partial charge in [0.05, 0.1) is 17.7 Å². The van der Waals surface area contributed by atoms with Crippen LogP contribution in [0.5, 0.6) is 5.75 Å². The van der Waals surface area contributed by atoms with Crippen LogP contribution in [0.15, 0.2) is 52.8 Å². The molecule has 0 aliphatic carbocycles. The molecule has 0 unspecified atom stereocenters. The first-order chi connectivity index (χ1) is 12.8. The van der Waals surface area contributed by atoms with Gasteiger partial charge in [0.25, 0.3) is 5.95 Å². The van der Waals surface area contributed by atoms with Crippen molar-refractivity contribution in [3.8, 4) is 16.3 Å². The summed E-state index contributed by atoms with van der Waals surface area (Å²) in [5.74, 6) is 0.126. The van der Waals surface area contributed by atoms with Crippen LogP contribution >= 0.6 is 11.3 Å². The standard InChI is InChI=1S/C17H14F3N5OS/c1-26-11-6-4-10(5-7-11)22-15(21)25-16-23-12(13-3-2-8-27-13)9-14(24-16)17(18,19)20/h2-9H,1H3,(H3,21,22,23,24,25). The average Bonchev–Trinajstić information content (AvgIpc) is 3.16. The van der Waals surface area contributed by atoms with Gasteiger partial charge in [-0.25, -0.2) is 9.97 Å². The fraction of sp³-hybridized carbons (Fsp3) is 0.118. The Hall–Kier alpha value is -3.14. The molecule has 2 heterocycles. The van der Waals surface area contributed by atoms with Gasteiger partial charge < -0.3 is 15.8 Å². The molecule has 0 amide bonds. The molecule has 0 spiro atoms. The number of halogens is 3. The van der Waals surface area contributed by atoms with Crippen LogP contribution in [-0.2, 0) is 6.18 Å². The van der Waals surface area contributed by atoms with Crippen LogP contribution in [0.2, 0.25) is 0 Å².